The summed E-state index contributed by atoms with van der Waals surface area (Å²) in [6.07, 6.45) is 5.32. The van der Waals surface area contributed by atoms with Crippen molar-refractivity contribution in [2.24, 2.45) is 0 Å². The molecule has 0 radical (unpaired) electrons. The number of hydrogen-bond acceptors (Lipinski definition) is 3. The molecule has 26 heavy (non-hydrogen) atoms. The van der Waals surface area contributed by atoms with Gasteiger partial charge in [0.25, 0.3) is 5.91 Å². The summed E-state index contributed by atoms with van der Waals surface area (Å²) in [6.45, 7) is -0.0946. The Morgan fingerprint density at radius 1 is 0.885 bits per heavy atom. The van der Waals surface area contributed by atoms with Gasteiger partial charge in [-0.25, -0.2) is 0 Å². The summed E-state index contributed by atoms with van der Waals surface area (Å²) in [4.78, 5) is 36.0. The third kappa shape index (κ3) is 5.80. The second-order valence-corrected chi connectivity index (χ2v) is 5.42. The molecule has 132 valence electrons. The maximum absolute atomic E-state index is 12.1. The van der Waals surface area contributed by atoms with Gasteiger partial charge in [-0.15, -0.1) is 6.42 Å². The normalized spacial score (nSPS) is 9.65. The van der Waals surface area contributed by atoms with Gasteiger partial charge in [0.2, 0.25) is 11.8 Å². The Bertz CT molecular complexity index is 826. The van der Waals surface area contributed by atoms with Crippen LogP contribution in [0.5, 0.6) is 0 Å². The largest absolute Gasteiger partial charge is 0.347 e. The number of terminal acetylenes is 1. The van der Waals surface area contributed by atoms with E-state index in [-0.39, 0.29) is 31.3 Å². The lowest BCUT2D eigenvalue weighted by Crippen LogP contribution is -2.34. The van der Waals surface area contributed by atoms with Crippen LogP contribution in [0, 0.1) is 12.3 Å². The van der Waals surface area contributed by atoms with Gasteiger partial charge >= 0.3 is 0 Å². The Labute approximate surface area is 152 Å². The zero-order valence-electron chi connectivity index (χ0n) is 14.1. The number of benzene rings is 2. The van der Waals surface area contributed by atoms with Gasteiger partial charge in [0.1, 0.15) is 0 Å². The topological polar surface area (TPSA) is 87.3 Å². The predicted octanol–water partition coefficient (Wildman–Crippen LogP) is 1.35. The van der Waals surface area contributed by atoms with E-state index < -0.39 is 5.91 Å². The van der Waals surface area contributed by atoms with Gasteiger partial charge in [0, 0.05) is 0 Å². The first-order valence-corrected chi connectivity index (χ1v) is 8.01. The Balaban J connectivity index is 1.89. The molecule has 0 aliphatic carbocycles. The molecule has 0 saturated heterocycles. The van der Waals surface area contributed by atoms with Crippen molar-refractivity contribution in [3.63, 3.8) is 0 Å². The summed E-state index contributed by atoms with van der Waals surface area (Å²) < 4.78 is 0. The highest BCUT2D eigenvalue weighted by atomic mass is 16.2. The molecule has 0 unspecified atom stereocenters. The second kappa shape index (κ2) is 9.64. The molecule has 0 fully saturated rings. The van der Waals surface area contributed by atoms with E-state index in [1.165, 1.54) is 0 Å². The lowest BCUT2D eigenvalue weighted by atomic mass is 10.1. The van der Waals surface area contributed by atoms with E-state index in [1.54, 1.807) is 24.3 Å². The molecule has 0 saturated carbocycles. The molecule has 2 aromatic rings. The van der Waals surface area contributed by atoms with Crippen molar-refractivity contribution in [2.75, 3.05) is 18.4 Å². The minimum absolute atomic E-state index is 0.0939. The van der Waals surface area contributed by atoms with Crippen molar-refractivity contribution in [1.82, 2.24) is 10.6 Å². The van der Waals surface area contributed by atoms with Crippen LogP contribution in [-0.2, 0) is 16.0 Å². The van der Waals surface area contributed by atoms with Gasteiger partial charge in [-0.1, -0.05) is 48.4 Å². The fourth-order valence-electron chi connectivity index (χ4n) is 2.23. The van der Waals surface area contributed by atoms with E-state index in [0.717, 1.165) is 5.56 Å². The highest BCUT2D eigenvalue weighted by molar-refractivity contribution is 6.04. The monoisotopic (exact) mass is 349 g/mol. The van der Waals surface area contributed by atoms with Crippen LogP contribution in [-0.4, -0.2) is 30.8 Å². The third-order valence-electron chi connectivity index (χ3n) is 3.45. The Kier molecular flexibility index (Phi) is 6.95. The van der Waals surface area contributed by atoms with Crippen molar-refractivity contribution in [3.05, 3.63) is 65.7 Å². The van der Waals surface area contributed by atoms with Crippen molar-refractivity contribution in [2.45, 2.75) is 6.42 Å². The van der Waals surface area contributed by atoms with E-state index in [1.807, 2.05) is 30.3 Å². The van der Waals surface area contributed by atoms with Gasteiger partial charge in [-0.05, 0) is 17.7 Å². The number of carbonyl (C=O) groups is 3. The molecule has 6 heteroatoms. The minimum Gasteiger partial charge on any atom is -0.347 e. The average molecular weight is 349 g/mol. The third-order valence-corrected chi connectivity index (χ3v) is 3.45. The molecular weight excluding hydrogens is 330 g/mol. The summed E-state index contributed by atoms with van der Waals surface area (Å²) in [7, 11) is 0. The maximum Gasteiger partial charge on any atom is 0.254 e. The van der Waals surface area contributed by atoms with Gasteiger partial charge in [0.05, 0.1) is 30.8 Å². The molecule has 0 aromatic heterocycles. The first-order chi connectivity index (χ1) is 12.6. The SMILES string of the molecule is C#CCNC(=O)c1ccccc1NC(=O)CNC(=O)Cc1ccccc1. The molecule has 0 spiro atoms. The first-order valence-electron chi connectivity index (χ1n) is 8.01. The zero-order chi connectivity index (χ0) is 18.8. The molecular formula is C20H19N3O3. The molecule has 6 nitrogen and oxygen atoms in total. The van der Waals surface area contributed by atoms with Gasteiger partial charge in [-0.3, -0.25) is 14.4 Å². The minimum atomic E-state index is -0.427. The molecule has 0 heterocycles. The Morgan fingerprint density at radius 2 is 1.58 bits per heavy atom. The number of nitrogens with one attached hydrogen (secondary N) is 3. The van der Waals surface area contributed by atoms with E-state index in [9.17, 15) is 14.4 Å². The van der Waals surface area contributed by atoms with Crippen LogP contribution in [0.25, 0.3) is 0 Å². The molecule has 0 aliphatic heterocycles. The number of amides is 3. The van der Waals surface area contributed by atoms with Crippen molar-refractivity contribution in [1.29, 1.82) is 0 Å². The van der Waals surface area contributed by atoms with Crippen molar-refractivity contribution >= 4 is 23.4 Å². The molecule has 2 aromatic carbocycles. The van der Waals surface area contributed by atoms with Crippen LogP contribution in [0.1, 0.15) is 15.9 Å². The smallest absolute Gasteiger partial charge is 0.254 e. The molecule has 3 amide bonds. The first kappa shape index (κ1) is 18.7. The number of para-hydroxylation sites is 1. The highest BCUT2D eigenvalue weighted by Gasteiger charge is 2.13. The lowest BCUT2D eigenvalue weighted by molar-refractivity contribution is -0.123. The van der Waals surface area contributed by atoms with E-state index in [4.69, 9.17) is 6.42 Å². The number of anilines is 1. The van der Waals surface area contributed by atoms with E-state index >= 15 is 0 Å². The molecule has 0 aliphatic rings. The average Bonchev–Trinajstić information content (AvgIpc) is 2.66. The molecule has 2 rings (SSSR count). The van der Waals surface area contributed by atoms with Crippen LogP contribution in [0.4, 0.5) is 5.69 Å². The Hall–Kier alpha value is -3.59. The van der Waals surface area contributed by atoms with Crippen LogP contribution >= 0.6 is 0 Å². The fraction of sp³-hybridized carbons (Fsp3) is 0.150. The summed E-state index contributed by atoms with van der Waals surface area (Å²) >= 11 is 0. The quantitative estimate of drug-likeness (QED) is 0.660. The molecule has 0 atom stereocenters. The van der Waals surface area contributed by atoms with Crippen molar-refractivity contribution in [3.8, 4) is 12.3 Å². The van der Waals surface area contributed by atoms with Gasteiger partial charge in [-0.2, -0.15) is 0 Å². The summed E-state index contributed by atoms with van der Waals surface area (Å²) in [5.41, 5.74) is 1.51. The van der Waals surface area contributed by atoms with Gasteiger partial charge < -0.3 is 16.0 Å². The van der Waals surface area contributed by atoms with Crippen LogP contribution in [0.2, 0.25) is 0 Å². The summed E-state index contributed by atoms with van der Waals surface area (Å²) in [5.74, 6) is 1.25. The summed E-state index contributed by atoms with van der Waals surface area (Å²) in [6, 6.07) is 15.8. The molecule has 3 N–H and O–H groups in total. The zero-order valence-corrected chi connectivity index (χ0v) is 14.1. The Morgan fingerprint density at radius 3 is 2.31 bits per heavy atom. The van der Waals surface area contributed by atoms with E-state index in [0.29, 0.717) is 11.3 Å². The predicted molar refractivity (Wildman–Crippen MR) is 99.4 cm³/mol. The molecule has 0 bridgehead atoms. The maximum atomic E-state index is 12.1. The van der Waals surface area contributed by atoms with Crippen molar-refractivity contribution < 1.29 is 14.4 Å². The van der Waals surface area contributed by atoms with E-state index in [2.05, 4.69) is 21.9 Å². The number of rotatable bonds is 7. The van der Waals surface area contributed by atoms with Gasteiger partial charge in [0.15, 0.2) is 0 Å². The van der Waals surface area contributed by atoms with Crippen LogP contribution < -0.4 is 16.0 Å². The van der Waals surface area contributed by atoms with Crippen LogP contribution in [0.15, 0.2) is 54.6 Å². The lowest BCUT2D eigenvalue weighted by Gasteiger charge is -2.11. The fourth-order valence-corrected chi connectivity index (χ4v) is 2.23. The standard InChI is InChI=1S/C20H19N3O3/c1-2-12-21-20(26)16-10-6-7-11-17(16)23-19(25)14-22-18(24)13-15-8-4-3-5-9-15/h1,3-11H,12-14H2,(H,21,26)(H,22,24)(H,23,25). The number of carbonyl (C=O) groups excluding carboxylic acids is 3. The summed E-state index contributed by atoms with van der Waals surface area (Å²) in [5, 5.41) is 7.72. The highest BCUT2D eigenvalue weighted by Crippen LogP contribution is 2.14. The second-order valence-electron chi connectivity index (χ2n) is 5.42. The number of hydrogen-bond donors (Lipinski definition) is 3. The van der Waals surface area contributed by atoms with Crippen LogP contribution in [0.3, 0.4) is 0 Å².